The topological polar surface area (TPSA) is 43.6 Å². The van der Waals surface area contributed by atoms with E-state index in [4.69, 9.17) is 10.1 Å². The Labute approximate surface area is 160 Å². The highest BCUT2D eigenvalue weighted by molar-refractivity contribution is 5.94. The Morgan fingerprint density at radius 3 is 2.50 bits per heavy atom. The molecule has 4 aromatic rings. The Bertz CT molecular complexity index is 1150. The Morgan fingerprint density at radius 2 is 1.71 bits per heavy atom. The van der Waals surface area contributed by atoms with E-state index < -0.39 is 0 Å². The standard InChI is InChI=1S/C22H18F2N4/c23-16-5-7-18(8-6-16)28-22(26-21(27-28)14-3-1-2-4-14)19-12-17(24)11-15-9-10-25-13-20(15)19/h5-14H,1-4H2. The van der Waals surface area contributed by atoms with Crippen LogP contribution >= 0.6 is 0 Å². The van der Waals surface area contributed by atoms with E-state index in [2.05, 4.69) is 4.98 Å². The van der Waals surface area contributed by atoms with E-state index in [1.807, 2.05) is 0 Å². The summed E-state index contributed by atoms with van der Waals surface area (Å²) in [5, 5.41) is 6.30. The van der Waals surface area contributed by atoms with Crippen molar-refractivity contribution in [3.8, 4) is 17.1 Å². The molecule has 0 unspecified atom stereocenters. The van der Waals surface area contributed by atoms with Crippen LogP contribution in [0.3, 0.4) is 0 Å². The molecule has 2 aromatic carbocycles. The minimum Gasteiger partial charge on any atom is -0.264 e. The maximum Gasteiger partial charge on any atom is 0.164 e. The summed E-state index contributed by atoms with van der Waals surface area (Å²) in [6, 6.07) is 10.8. The molecular weight excluding hydrogens is 358 g/mol. The van der Waals surface area contributed by atoms with E-state index >= 15 is 0 Å². The van der Waals surface area contributed by atoms with Crippen LogP contribution in [-0.2, 0) is 0 Å². The van der Waals surface area contributed by atoms with Crippen molar-refractivity contribution < 1.29 is 8.78 Å². The van der Waals surface area contributed by atoms with Gasteiger partial charge in [-0.25, -0.2) is 18.4 Å². The molecule has 28 heavy (non-hydrogen) atoms. The second-order valence-corrected chi connectivity index (χ2v) is 7.21. The molecule has 4 nitrogen and oxygen atoms in total. The molecule has 6 heteroatoms. The number of rotatable bonds is 3. The summed E-state index contributed by atoms with van der Waals surface area (Å²) >= 11 is 0. The van der Waals surface area contributed by atoms with E-state index in [-0.39, 0.29) is 11.6 Å². The molecule has 2 heterocycles. The molecule has 1 fully saturated rings. The van der Waals surface area contributed by atoms with Gasteiger partial charge in [-0.15, -0.1) is 0 Å². The number of hydrogen-bond acceptors (Lipinski definition) is 3. The minimum atomic E-state index is -0.343. The van der Waals surface area contributed by atoms with Crippen molar-refractivity contribution in [2.75, 3.05) is 0 Å². The van der Waals surface area contributed by atoms with Gasteiger partial charge in [-0.3, -0.25) is 4.98 Å². The first-order valence-corrected chi connectivity index (χ1v) is 9.45. The van der Waals surface area contributed by atoms with Crippen LogP contribution in [0.15, 0.2) is 54.9 Å². The van der Waals surface area contributed by atoms with Gasteiger partial charge < -0.3 is 0 Å². The lowest BCUT2D eigenvalue weighted by Gasteiger charge is -2.09. The van der Waals surface area contributed by atoms with Crippen molar-refractivity contribution >= 4 is 10.8 Å². The summed E-state index contributed by atoms with van der Waals surface area (Å²) in [7, 11) is 0. The van der Waals surface area contributed by atoms with Crippen molar-refractivity contribution in [2.45, 2.75) is 31.6 Å². The van der Waals surface area contributed by atoms with E-state index in [0.717, 1.165) is 42.3 Å². The summed E-state index contributed by atoms with van der Waals surface area (Å²) in [5.41, 5.74) is 1.32. The fraction of sp³-hybridized carbons (Fsp3) is 0.227. The first-order chi connectivity index (χ1) is 13.7. The molecule has 0 amide bonds. The van der Waals surface area contributed by atoms with Gasteiger partial charge in [-0.1, -0.05) is 12.8 Å². The average Bonchev–Trinajstić information content (AvgIpc) is 3.38. The van der Waals surface area contributed by atoms with Gasteiger partial charge in [-0.2, -0.15) is 5.10 Å². The first-order valence-electron chi connectivity index (χ1n) is 9.45. The van der Waals surface area contributed by atoms with Crippen molar-refractivity contribution in [3.05, 3.63) is 72.3 Å². The zero-order valence-corrected chi connectivity index (χ0v) is 15.1. The number of hydrogen-bond donors (Lipinski definition) is 0. The Balaban J connectivity index is 1.75. The Kier molecular flexibility index (Phi) is 4.11. The Hall–Kier alpha value is -3.15. The third-order valence-corrected chi connectivity index (χ3v) is 5.38. The van der Waals surface area contributed by atoms with Gasteiger partial charge in [0.25, 0.3) is 0 Å². The van der Waals surface area contributed by atoms with Crippen LogP contribution in [0.25, 0.3) is 27.8 Å². The lowest BCUT2D eigenvalue weighted by Crippen LogP contribution is -2.01. The number of benzene rings is 2. The van der Waals surface area contributed by atoms with Gasteiger partial charge in [0.05, 0.1) is 5.69 Å². The summed E-state index contributed by atoms with van der Waals surface area (Å²) in [6.07, 6.45) is 7.79. The van der Waals surface area contributed by atoms with Crippen molar-refractivity contribution in [1.29, 1.82) is 0 Å². The fourth-order valence-electron chi connectivity index (χ4n) is 3.97. The van der Waals surface area contributed by atoms with E-state index in [9.17, 15) is 8.78 Å². The zero-order chi connectivity index (χ0) is 19.1. The highest BCUT2D eigenvalue weighted by Gasteiger charge is 2.25. The number of halogens is 2. The van der Waals surface area contributed by atoms with Crippen molar-refractivity contribution in [1.82, 2.24) is 19.7 Å². The van der Waals surface area contributed by atoms with Crippen LogP contribution in [0.1, 0.15) is 37.4 Å². The summed E-state index contributed by atoms with van der Waals surface area (Å²) in [6.45, 7) is 0. The van der Waals surface area contributed by atoms with Crippen LogP contribution in [0, 0.1) is 11.6 Å². The quantitative estimate of drug-likeness (QED) is 0.480. The number of fused-ring (bicyclic) bond motifs is 1. The zero-order valence-electron chi connectivity index (χ0n) is 15.1. The molecule has 0 bridgehead atoms. The maximum atomic E-state index is 14.4. The molecule has 0 saturated heterocycles. The van der Waals surface area contributed by atoms with Gasteiger partial charge >= 0.3 is 0 Å². The van der Waals surface area contributed by atoms with Crippen LogP contribution in [0.5, 0.6) is 0 Å². The second kappa shape index (κ2) is 6.78. The summed E-state index contributed by atoms with van der Waals surface area (Å²) in [5.74, 6) is 0.953. The molecule has 0 spiro atoms. The summed E-state index contributed by atoms with van der Waals surface area (Å²) in [4.78, 5) is 9.01. The molecule has 0 atom stereocenters. The number of pyridine rings is 1. The highest BCUT2D eigenvalue weighted by atomic mass is 19.1. The highest BCUT2D eigenvalue weighted by Crippen LogP contribution is 2.35. The Morgan fingerprint density at radius 1 is 0.929 bits per heavy atom. The van der Waals surface area contributed by atoms with Crippen LogP contribution < -0.4 is 0 Å². The van der Waals surface area contributed by atoms with Gasteiger partial charge in [0.1, 0.15) is 11.6 Å². The SMILES string of the molecule is Fc1ccc(-n2nc(C3CCCC3)nc2-c2cc(F)cc3ccncc23)cc1. The predicted octanol–water partition coefficient (Wildman–Crippen LogP) is 5.42. The van der Waals surface area contributed by atoms with Gasteiger partial charge in [0, 0.05) is 29.3 Å². The maximum absolute atomic E-state index is 14.4. The van der Waals surface area contributed by atoms with Crippen molar-refractivity contribution in [2.24, 2.45) is 0 Å². The fourth-order valence-corrected chi connectivity index (χ4v) is 3.97. The molecule has 0 radical (unpaired) electrons. The third-order valence-electron chi connectivity index (χ3n) is 5.38. The molecule has 5 rings (SSSR count). The molecule has 0 aliphatic heterocycles. The smallest absolute Gasteiger partial charge is 0.164 e. The molecule has 1 aliphatic carbocycles. The lowest BCUT2D eigenvalue weighted by molar-refractivity contribution is 0.626. The monoisotopic (exact) mass is 376 g/mol. The second-order valence-electron chi connectivity index (χ2n) is 7.21. The minimum absolute atomic E-state index is 0.304. The van der Waals surface area contributed by atoms with E-state index in [1.54, 1.807) is 35.3 Å². The third kappa shape index (κ3) is 2.95. The summed E-state index contributed by atoms with van der Waals surface area (Å²) < 4.78 is 29.5. The van der Waals surface area contributed by atoms with Crippen LogP contribution in [-0.4, -0.2) is 19.7 Å². The van der Waals surface area contributed by atoms with Crippen molar-refractivity contribution in [3.63, 3.8) is 0 Å². The van der Waals surface area contributed by atoms with Gasteiger partial charge in [0.2, 0.25) is 0 Å². The molecule has 1 aliphatic rings. The average molecular weight is 376 g/mol. The normalized spacial score (nSPS) is 14.8. The first kappa shape index (κ1) is 17.0. The molecule has 0 N–H and O–H groups in total. The predicted molar refractivity (Wildman–Crippen MR) is 103 cm³/mol. The number of aromatic nitrogens is 4. The van der Waals surface area contributed by atoms with Gasteiger partial charge in [-0.05, 0) is 60.7 Å². The number of nitrogens with zero attached hydrogens (tertiary/aromatic N) is 4. The molecule has 140 valence electrons. The molecular formula is C22H18F2N4. The van der Waals surface area contributed by atoms with Gasteiger partial charge in [0.15, 0.2) is 11.6 Å². The lowest BCUT2D eigenvalue weighted by atomic mass is 10.1. The van der Waals surface area contributed by atoms with Crippen LogP contribution in [0.2, 0.25) is 0 Å². The molecule has 1 saturated carbocycles. The van der Waals surface area contributed by atoms with E-state index in [1.165, 1.54) is 24.3 Å². The van der Waals surface area contributed by atoms with E-state index in [0.29, 0.717) is 23.0 Å². The van der Waals surface area contributed by atoms with Crippen LogP contribution in [0.4, 0.5) is 8.78 Å². The largest absolute Gasteiger partial charge is 0.264 e. The molecule has 2 aromatic heterocycles.